The van der Waals surface area contributed by atoms with Gasteiger partial charge in [0.2, 0.25) is 5.91 Å². The Labute approximate surface area is 135 Å². The molecule has 0 aromatic heterocycles. The fourth-order valence-corrected chi connectivity index (χ4v) is 3.19. The average molecular weight is 371 g/mol. The maximum atomic E-state index is 11.4. The Morgan fingerprint density at radius 2 is 1.90 bits per heavy atom. The largest absolute Gasteiger partial charge is 0.325 e. The molecule has 1 aliphatic rings. The number of hydrogen-bond acceptors (Lipinski definition) is 1. The van der Waals surface area contributed by atoms with Crippen LogP contribution in [0.15, 0.2) is 40.9 Å². The van der Waals surface area contributed by atoms with Crippen molar-refractivity contribution in [1.29, 1.82) is 0 Å². The Bertz CT molecular complexity index is 685. The predicted molar refractivity (Wildman–Crippen MR) is 85.6 cm³/mol. The van der Waals surface area contributed by atoms with Crippen LogP contribution >= 0.6 is 39.1 Å². The molecule has 2 aromatic rings. The number of hydrogen-bond donors (Lipinski definition) is 1. The summed E-state index contributed by atoms with van der Waals surface area (Å²) >= 11 is 16.2. The molecule has 1 amide bonds. The molecule has 0 bridgehead atoms. The topological polar surface area (TPSA) is 29.1 Å². The Balaban J connectivity index is 2.00. The standard InChI is InChI=1S/C15H10BrCl2NO/c16-10-3-1-8(2-4-10)15(18)11-5-9-6-14(20)19-13(9)7-12(11)17/h1-5,7,15H,6H2,(H,19,20). The van der Waals surface area contributed by atoms with Gasteiger partial charge in [-0.3, -0.25) is 4.79 Å². The number of anilines is 1. The smallest absolute Gasteiger partial charge is 0.228 e. The first-order valence-electron chi connectivity index (χ1n) is 6.06. The first kappa shape index (κ1) is 13.9. The van der Waals surface area contributed by atoms with Gasteiger partial charge in [-0.25, -0.2) is 0 Å². The molecule has 0 saturated heterocycles. The lowest BCUT2D eigenvalue weighted by molar-refractivity contribution is -0.115. The zero-order valence-electron chi connectivity index (χ0n) is 10.3. The molecular weight excluding hydrogens is 361 g/mol. The minimum absolute atomic E-state index is 0.0111. The highest BCUT2D eigenvalue weighted by Gasteiger charge is 2.22. The van der Waals surface area contributed by atoms with Gasteiger partial charge in [-0.15, -0.1) is 11.6 Å². The van der Waals surface area contributed by atoms with Crippen LogP contribution in [0.25, 0.3) is 0 Å². The van der Waals surface area contributed by atoms with Crippen molar-refractivity contribution < 1.29 is 4.79 Å². The normalized spacial score (nSPS) is 14.8. The first-order chi connectivity index (χ1) is 9.54. The lowest BCUT2D eigenvalue weighted by atomic mass is 10.0. The van der Waals surface area contributed by atoms with Crippen LogP contribution in [0.2, 0.25) is 5.02 Å². The second kappa shape index (κ2) is 5.40. The second-order valence-corrected chi connectivity index (χ2v) is 6.43. The molecular formula is C15H10BrCl2NO. The molecule has 0 saturated carbocycles. The lowest BCUT2D eigenvalue weighted by Gasteiger charge is -2.14. The van der Waals surface area contributed by atoms with E-state index in [4.69, 9.17) is 23.2 Å². The van der Waals surface area contributed by atoms with Crippen LogP contribution in [-0.4, -0.2) is 5.91 Å². The van der Waals surface area contributed by atoms with Gasteiger partial charge in [0.1, 0.15) is 0 Å². The van der Waals surface area contributed by atoms with Crippen LogP contribution in [0.3, 0.4) is 0 Å². The molecule has 0 aliphatic carbocycles. The Morgan fingerprint density at radius 1 is 1.20 bits per heavy atom. The third kappa shape index (κ3) is 2.58. The van der Waals surface area contributed by atoms with Crippen LogP contribution < -0.4 is 5.32 Å². The SMILES string of the molecule is O=C1Cc2cc(C(Cl)c3ccc(Br)cc3)c(Cl)cc2N1. The minimum Gasteiger partial charge on any atom is -0.325 e. The van der Waals surface area contributed by atoms with Gasteiger partial charge in [-0.05, 0) is 41.0 Å². The Morgan fingerprint density at radius 3 is 2.60 bits per heavy atom. The first-order valence-corrected chi connectivity index (χ1v) is 7.67. The summed E-state index contributed by atoms with van der Waals surface area (Å²) in [5.41, 5.74) is 3.51. The molecule has 3 rings (SSSR count). The van der Waals surface area contributed by atoms with E-state index in [2.05, 4.69) is 21.2 Å². The van der Waals surface area contributed by atoms with Crippen molar-refractivity contribution in [3.8, 4) is 0 Å². The van der Waals surface area contributed by atoms with E-state index < -0.39 is 0 Å². The van der Waals surface area contributed by atoms with Crippen LogP contribution in [0.4, 0.5) is 5.69 Å². The molecule has 1 N–H and O–H groups in total. The van der Waals surface area contributed by atoms with Gasteiger partial charge in [-0.1, -0.05) is 39.7 Å². The molecule has 0 fully saturated rings. The van der Waals surface area contributed by atoms with Gasteiger partial charge < -0.3 is 5.32 Å². The lowest BCUT2D eigenvalue weighted by Crippen LogP contribution is -2.03. The number of carbonyl (C=O) groups excluding carboxylic acids is 1. The molecule has 1 unspecified atom stereocenters. The summed E-state index contributed by atoms with van der Waals surface area (Å²) in [5, 5.41) is 3.01. The number of rotatable bonds is 2. The van der Waals surface area contributed by atoms with Crippen LogP contribution in [0.1, 0.15) is 22.1 Å². The third-order valence-electron chi connectivity index (χ3n) is 3.28. The zero-order chi connectivity index (χ0) is 14.3. The summed E-state index contributed by atoms with van der Waals surface area (Å²) in [7, 11) is 0. The van der Waals surface area contributed by atoms with E-state index in [0.717, 1.165) is 26.9 Å². The van der Waals surface area contributed by atoms with E-state index in [0.29, 0.717) is 11.4 Å². The molecule has 0 radical (unpaired) electrons. The molecule has 5 heteroatoms. The van der Waals surface area contributed by atoms with Crippen LogP contribution in [-0.2, 0) is 11.2 Å². The molecule has 1 heterocycles. The molecule has 102 valence electrons. The summed E-state index contributed by atoms with van der Waals surface area (Å²) in [6.45, 7) is 0. The van der Waals surface area contributed by atoms with Crippen molar-refractivity contribution in [3.05, 3.63) is 62.6 Å². The average Bonchev–Trinajstić information content (AvgIpc) is 2.77. The monoisotopic (exact) mass is 369 g/mol. The second-order valence-electron chi connectivity index (χ2n) is 4.67. The molecule has 2 aromatic carbocycles. The maximum absolute atomic E-state index is 11.4. The van der Waals surface area contributed by atoms with Crippen molar-refractivity contribution in [2.24, 2.45) is 0 Å². The minimum atomic E-state index is -0.336. The fraction of sp³-hybridized carbons (Fsp3) is 0.133. The van der Waals surface area contributed by atoms with Crippen molar-refractivity contribution in [2.75, 3.05) is 5.32 Å². The molecule has 20 heavy (non-hydrogen) atoms. The van der Waals surface area contributed by atoms with E-state index in [-0.39, 0.29) is 11.3 Å². The van der Waals surface area contributed by atoms with Gasteiger partial charge >= 0.3 is 0 Å². The fourth-order valence-electron chi connectivity index (χ4n) is 2.27. The summed E-state index contributed by atoms with van der Waals surface area (Å²) in [4.78, 5) is 11.4. The van der Waals surface area contributed by atoms with Gasteiger partial charge in [0, 0.05) is 15.2 Å². The highest BCUT2D eigenvalue weighted by atomic mass is 79.9. The Hall–Kier alpha value is -1.03. The van der Waals surface area contributed by atoms with Crippen molar-refractivity contribution >= 4 is 50.7 Å². The summed E-state index contributed by atoms with van der Waals surface area (Å²) in [6.07, 6.45) is 0.378. The summed E-state index contributed by atoms with van der Waals surface area (Å²) in [5.74, 6) is -0.0111. The quantitative estimate of drug-likeness (QED) is 0.746. The predicted octanol–water partition coefficient (Wildman–Crippen LogP) is 4.93. The van der Waals surface area contributed by atoms with Crippen molar-refractivity contribution in [1.82, 2.24) is 0 Å². The molecule has 1 atom stereocenters. The molecule has 0 spiro atoms. The molecule has 2 nitrogen and oxygen atoms in total. The Kier molecular flexibility index (Phi) is 3.76. The zero-order valence-corrected chi connectivity index (χ0v) is 13.4. The highest BCUT2D eigenvalue weighted by molar-refractivity contribution is 9.10. The maximum Gasteiger partial charge on any atom is 0.228 e. The number of carbonyl (C=O) groups is 1. The number of alkyl halides is 1. The van der Waals surface area contributed by atoms with E-state index in [1.807, 2.05) is 30.3 Å². The summed E-state index contributed by atoms with van der Waals surface area (Å²) < 4.78 is 1.000. The van der Waals surface area contributed by atoms with Crippen molar-refractivity contribution in [2.45, 2.75) is 11.8 Å². The summed E-state index contributed by atoms with van der Waals surface area (Å²) in [6, 6.07) is 11.5. The van der Waals surface area contributed by atoms with Gasteiger partial charge in [0.05, 0.1) is 11.8 Å². The van der Waals surface area contributed by atoms with Gasteiger partial charge in [0.25, 0.3) is 0 Å². The van der Waals surface area contributed by atoms with E-state index in [1.165, 1.54) is 0 Å². The van der Waals surface area contributed by atoms with Gasteiger partial charge in [-0.2, -0.15) is 0 Å². The van der Waals surface area contributed by atoms with E-state index in [1.54, 1.807) is 6.07 Å². The molecule has 1 aliphatic heterocycles. The number of benzene rings is 2. The van der Waals surface area contributed by atoms with Crippen molar-refractivity contribution in [3.63, 3.8) is 0 Å². The van der Waals surface area contributed by atoms with Crippen LogP contribution in [0.5, 0.6) is 0 Å². The number of nitrogens with one attached hydrogen (secondary N) is 1. The highest BCUT2D eigenvalue weighted by Crippen LogP contribution is 2.38. The van der Waals surface area contributed by atoms with E-state index >= 15 is 0 Å². The van der Waals surface area contributed by atoms with Gasteiger partial charge in [0.15, 0.2) is 0 Å². The third-order valence-corrected chi connectivity index (χ3v) is 4.63. The number of halogens is 3. The van der Waals surface area contributed by atoms with E-state index in [9.17, 15) is 4.79 Å². The van der Waals surface area contributed by atoms with Crippen LogP contribution in [0, 0.1) is 0 Å². The number of fused-ring (bicyclic) bond motifs is 1. The number of amides is 1.